The van der Waals surface area contributed by atoms with Crippen molar-refractivity contribution < 1.29 is 37.3 Å². The molecule has 0 aliphatic carbocycles. The molecular weight excluding hydrogens is 833 g/mol. The second-order valence-corrected chi connectivity index (χ2v) is 17.0. The lowest BCUT2D eigenvalue weighted by atomic mass is 9.84. The minimum Gasteiger partial charge on any atom is -0.494 e. The molecule has 3 N–H and O–H groups in total. The van der Waals surface area contributed by atoms with E-state index in [2.05, 4.69) is 20.9 Å². The maximum Gasteiger partial charge on any atom is 0.266 e. The molecule has 14 nitrogen and oxygen atoms in total. The van der Waals surface area contributed by atoms with E-state index in [9.17, 15) is 23.8 Å². The predicted molar refractivity (Wildman–Crippen MR) is 243 cm³/mol. The second-order valence-electron chi connectivity index (χ2n) is 14.9. The number of aliphatic hydroxyl groups is 1. The van der Waals surface area contributed by atoms with Gasteiger partial charge in [-0.25, -0.2) is 18.8 Å². The first-order chi connectivity index (χ1) is 31.3. The number of nitrogens with one attached hydrogen (secondary N) is 2. The number of benzene rings is 6. The van der Waals surface area contributed by atoms with Crippen molar-refractivity contribution in [3.8, 4) is 17.2 Å². The monoisotopic (exact) mass is 880 g/mol. The molecule has 6 aromatic rings. The highest BCUT2D eigenvalue weighted by Crippen LogP contribution is 2.46. The fourth-order valence-corrected chi connectivity index (χ4v) is 8.49. The number of hydrogen-bond donors (Lipinski definition) is 3. The van der Waals surface area contributed by atoms with Gasteiger partial charge in [-0.2, -0.15) is 0 Å². The molecule has 1 heterocycles. The Balaban J connectivity index is 1.15. The minimum atomic E-state index is -3.92. The number of aliphatic hydroxyl groups excluding tert-OH is 1. The van der Waals surface area contributed by atoms with E-state index in [-0.39, 0.29) is 36.1 Å². The van der Waals surface area contributed by atoms with Crippen LogP contribution in [-0.4, -0.2) is 56.4 Å². The maximum atomic E-state index is 14.8. The van der Waals surface area contributed by atoms with E-state index in [1.165, 1.54) is 12.1 Å². The van der Waals surface area contributed by atoms with Crippen LogP contribution in [0.4, 0.5) is 5.69 Å². The van der Waals surface area contributed by atoms with E-state index < -0.39 is 33.1 Å². The molecule has 0 aromatic heterocycles. The van der Waals surface area contributed by atoms with Crippen LogP contribution in [0.1, 0.15) is 46.8 Å². The SMILES string of the molecule is [N-]=[N+]=Nc1ccccc1[C@@H]1OC(c2ccc(OCCCO)cc2)=N[C@]1(CCS(=O)(=O)c1ccccc1)C(=O)NNCCc1ccc(OCc2ccccc2)c(OCc2ccccc2)c1. The highest BCUT2D eigenvalue weighted by atomic mass is 32.2. The van der Waals surface area contributed by atoms with Gasteiger partial charge in [0.1, 0.15) is 19.0 Å². The molecule has 0 saturated carbocycles. The molecule has 1 amide bonds. The lowest BCUT2D eigenvalue weighted by molar-refractivity contribution is -0.130. The number of azide groups is 1. The molecule has 1 aliphatic heterocycles. The van der Waals surface area contributed by atoms with Gasteiger partial charge in [-0.15, -0.1) is 0 Å². The van der Waals surface area contributed by atoms with Crippen LogP contribution in [0.15, 0.2) is 173 Å². The molecule has 0 saturated heterocycles. The van der Waals surface area contributed by atoms with Crippen molar-refractivity contribution in [1.29, 1.82) is 0 Å². The first kappa shape index (κ1) is 44.9. The number of nitrogens with zero attached hydrogens (tertiary/aromatic N) is 4. The summed E-state index contributed by atoms with van der Waals surface area (Å²) in [5.41, 5.74) is 17.4. The van der Waals surface area contributed by atoms with Crippen molar-refractivity contribution >= 4 is 27.3 Å². The van der Waals surface area contributed by atoms with Gasteiger partial charge in [-0.3, -0.25) is 10.2 Å². The zero-order chi connectivity index (χ0) is 44.6. The van der Waals surface area contributed by atoms with Crippen molar-refractivity contribution in [3.63, 3.8) is 0 Å². The topological polar surface area (TPSA) is 194 Å². The van der Waals surface area contributed by atoms with Crippen LogP contribution in [0.25, 0.3) is 10.4 Å². The van der Waals surface area contributed by atoms with Gasteiger partial charge in [0.2, 0.25) is 5.90 Å². The van der Waals surface area contributed by atoms with Gasteiger partial charge >= 0.3 is 0 Å². The van der Waals surface area contributed by atoms with E-state index in [0.717, 1.165) is 16.7 Å². The number of aliphatic imine (C=N–C) groups is 1. The highest BCUT2D eigenvalue weighted by molar-refractivity contribution is 7.91. The smallest absolute Gasteiger partial charge is 0.266 e. The van der Waals surface area contributed by atoms with Crippen LogP contribution >= 0.6 is 0 Å². The highest BCUT2D eigenvalue weighted by Gasteiger charge is 2.54. The minimum absolute atomic E-state index is 0.0103. The molecular formula is C49H48N6O8S. The summed E-state index contributed by atoms with van der Waals surface area (Å²) in [6.07, 6.45) is -0.602. The number of hydrogen-bond acceptors (Lipinski definition) is 11. The third-order valence-electron chi connectivity index (χ3n) is 10.5. The molecule has 328 valence electrons. The average molecular weight is 881 g/mol. The van der Waals surface area contributed by atoms with Gasteiger partial charge in [-0.1, -0.05) is 114 Å². The quantitative estimate of drug-likeness (QED) is 0.0197. The fourth-order valence-electron chi connectivity index (χ4n) is 7.10. The summed E-state index contributed by atoms with van der Waals surface area (Å²) in [6.45, 7) is 1.26. The number of carbonyl (C=O) groups is 1. The number of rotatable bonds is 22. The molecule has 1 aliphatic rings. The Labute approximate surface area is 372 Å². The lowest BCUT2D eigenvalue weighted by Gasteiger charge is -2.31. The van der Waals surface area contributed by atoms with Crippen LogP contribution in [-0.2, 0) is 39.0 Å². The Morgan fingerprint density at radius 3 is 2.09 bits per heavy atom. The Morgan fingerprint density at radius 2 is 1.42 bits per heavy atom. The van der Waals surface area contributed by atoms with Gasteiger partial charge < -0.3 is 24.1 Å². The summed E-state index contributed by atoms with van der Waals surface area (Å²) < 4.78 is 52.4. The lowest BCUT2D eigenvalue weighted by Crippen LogP contribution is -2.53. The van der Waals surface area contributed by atoms with Crippen molar-refractivity contribution in [1.82, 2.24) is 10.9 Å². The van der Waals surface area contributed by atoms with Crippen LogP contribution in [0.2, 0.25) is 0 Å². The van der Waals surface area contributed by atoms with Crippen molar-refractivity contribution in [2.75, 3.05) is 25.5 Å². The number of hydrazine groups is 1. The maximum absolute atomic E-state index is 14.8. The van der Waals surface area contributed by atoms with Crippen LogP contribution in [0, 0.1) is 0 Å². The molecule has 6 aromatic carbocycles. The summed E-state index contributed by atoms with van der Waals surface area (Å²) in [6, 6.07) is 46.9. The largest absolute Gasteiger partial charge is 0.494 e. The van der Waals surface area contributed by atoms with E-state index in [1.807, 2.05) is 78.9 Å². The van der Waals surface area contributed by atoms with Crippen molar-refractivity contribution in [2.45, 2.75) is 49.0 Å². The molecule has 2 atom stereocenters. The Kier molecular flexibility index (Phi) is 15.3. The molecule has 64 heavy (non-hydrogen) atoms. The number of ether oxygens (including phenoxy) is 4. The average Bonchev–Trinajstić information content (AvgIpc) is 3.73. The fraction of sp³-hybridized carbons (Fsp3) is 0.224. The standard InChI is InChI=1S/C49H48N6O8S/c50-55-53-43-20-11-10-19-42(43)46-49(28-32-64(58,59)41-17-8-3-9-18-41,52-47(63-46)39-22-24-40(25-23-39)60-31-12-30-56)48(57)54-51-29-27-36-21-26-44(61-34-37-13-4-1-5-14-37)45(33-36)62-35-38-15-6-2-7-16-38/h1-11,13-26,33,46,51,56H,12,27-32,34-35H2,(H,54,57)/t46-,49-/m0/s1. The Morgan fingerprint density at radius 1 is 0.781 bits per heavy atom. The summed E-state index contributed by atoms with van der Waals surface area (Å²) in [7, 11) is -3.92. The van der Waals surface area contributed by atoms with E-state index in [1.54, 1.807) is 66.7 Å². The van der Waals surface area contributed by atoms with Crippen molar-refractivity contribution in [2.24, 2.45) is 10.1 Å². The Bertz CT molecular complexity index is 2670. The third-order valence-corrected chi connectivity index (χ3v) is 12.2. The summed E-state index contributed by atoms with van der Waals surface area (Å²) in [5.74, 6) is 0.651. The second kappa shape index (κ2) is 21.8. The van der Waals surface area contributed by atoms with Gasteiger partial charge in [0, 0.05) is 47.7 Å². The molecule has 7 rings (SSSR count). The molecule has 0 unspecified atom stereocenters. The predicted octanol–water partition coefficient (Wildman–Crippen LogP) is 8.53. The van der Waals surface area contributed by atoms with Crippen molar-refractivity contribution in [3.05, 3.63) is 196 Å². The number of sulfone groups is 1. The van der Waals surface area contributed by atoms with E-state index in [0.29, 0.717) is 61.0 Å². The summed E-state index contributed by atoms with van der Waals surface area (Å²) >= 11 is 0. The number of carbonyl (C=O) groups excluding carboxylic acids is 1. The van der Waals surface area contributed by atoms with Gasteiger partial charge in [0.05, 0.1) is 17.3 Å². The molecule has 0 bridgehead atoms. The summed E-state index contributed by atoms with van der Waals surface area (Å²) in [4.78, 5) is 22.9. The van der Waals surface area contributed by atoms with Gasteiger partial charge in [0.25, 0.3) is 5.91 Å². The zero-order valence-electron chi connectivity index (χ0n) is 35.0. The number of amides is 1. The Hall–Kier alpha value is -7.16. The van der Waals surface area contributed by atoms with Gasteiger partial charge in [-0.05, 0) is 77.2 Å². The van der Waals surface area contributed by atoms with Crippen LogP contribution in [0.3, 0.4) is 0 Å². The zero-order valence-corrected chi connectivity index (χ0v) is 35.8. The first-order valence-corrected chi connectivity index (χ1v) is 22.5. The first-order valence-electron chi connectivity index (χ1n) is 20.8. The van der Waals surface area contributed by atoms with Crippen LogP contribution in [0.5, 0.6) is 17.2 Å². The molecule has 0 radical (unpaired) electrons. The molecule has 15 heteroatoms. The van der Waals surface area contributed by atoms with E-state index >= 15 is 0 Å². The van der Waals surface area contributed by atoms with Gasteiger partial charge in [0.15, 0.2) is 33.0 Å². The molecule has 0 fully saturated rings. The van der Waals surface area contributed by atoms with Crippen LogP contribution < -0.4 is 25.1 Å². The third kappa shape index (κ3) is 11.4. The summed E-state index contributed by atoms with van der Waals surface area (Å²) in [5, 5.41) is 13.1. The normalized spacial score (nSPS) is 15.6. The molecule has 0 spiro atoms. The van der Waals surface area contributed by atoms with E-state index in [4.69, 9.17) is 23.9 Å².